The van der Waals surface area contributed by atoms with E-state index in [0.717, 1.165) is 11.1 Å². The van der Waals surface area contributed by atoms with Crippen LogP contribution >= 0.6 is 11.3 Å². The highest BCUT2D eigenvalue weighted by Crippen LogP contribution is 2.36. The van der Waals surface area contributed by atoms with Crippen LogP contribution in [0, 0.1) is 10.1 Å². The fourth-order valence-corrected chi connectivity index (χ4v) is 2.78. The number of nitrogens with one attached hydrogen (secondary N) is 1. The number of nitrogens with zero attached hydrogens (tertiary/aromatic N) is 2. The van der Waals surface area contributed by atoms with Crippen LogP contribution < -0.4 is 5.32 Å². The molecule has 108 valence electrons. The lowest BCUT2D eigenvalue weighted by atomic mass is 9.94. The average Bonchev–Trinajstić information content (AvgIpc) is 2.86. The van der Waals surface area contributed by atoms with Gasteiger partial charge in [0.1, 0.15) is 5.69 Å². The van der Waals surface area contributed by atoms with Crippen molar-refractivity contribution in [1.29, 1.82) is 0 Å². The molecule has 0 aliphatic heterocycles. The Morgan fingerprint density at radius 3 is 2.90 bits per heavy atom. The molecule has 0 aliphatic rings. The lowest BCUT2D eigenvalue weighted by molar-refractivity contribution is -0.382. The van der Waals surface area contributed by atoms with Gasteiger partial charge in [-0.25, -0.2) is 4.98 Å². The summed E-state index contributed by atoms with van der Waals surface area (Å²) in [6.45, 7) is 3.96. The van der Waals surface area contributed by atoms with E-state index in [-0.39, 0.29) is 17.8 Å². The third kappa shape index (κ3) is 2.73. The van der Waals surface area contributed by atoms with Crippen LogP contribution in [0.5, 0.6) is 0 Å². The van der Waals surface area contributed by atoms with Gasteiger partial charge in [0.25, 0.3) is 0 Å². The van der Waals surface area contributed by atoms with Gasteiger partial charge in [0.15, 0.2) is 5.52 Å². The van der Waals surface area contributed by atoms with Crippen LogP contribution in [0.4, 0.5) is 11.4 Å². The van der Waals surface area contributed by atoms with Crippen molar-refractivity contribution in [3.05, 3.63) is 27.8 Å². The monoisotopic (exact) mass is 295 g/mol. The van der Waals surface area contributed by atoms with E-state index >= 15 is 0 Å². The first-order valence-electron chi connectivity index (χ1n) is 6.40. The largest absolute Gasteiger partial charge is 0.396 e. The Morgan fingerprint density at radius 2 is 2.30 bits per heavy atom. The van der Waals surface area contributed by atoms with Crippen molar-refractivity contribution < 1.29 is 10.0 Å². The summed E-state index contributed by atoms with van der Waals surface area (Å²) in [5.41, 5.74) is 2.08. The number of benzene rings is 1. The number of nitro groups is 1. The Hall–Kier alpha value is -1.73. The summed E-state index contributed by atoms with van der Waals surface area (Å²) in [5, 5.41) is 23.7. The number of thiazole rings is 1. The molecule has 0 saturated carbocycles. The topological polar surface area (TPSA) is 88.3 Å². The standard InChI is InChI=1S/C13H17N3O3S/c1-3-13(2,6-7-17)15-9-4-5-10-11(14-8-20-10)12(9)16(18)19/h4-5,8,15,17H,3,6-7H2,1-2H3. The number of aliphatic hydroxyl groups is 1. The number of rotatable bonds is 6. The summed E-state index contributed by atoms with van der Waals surface area (Å²) in [6.07, 6.45) is 1.27. The minimum absolute atomic E-state index is 0.00126. The molecule has 0 amide bonds. The highest BCUT2D eigenvalue weighted by molar-refractivity contribution is 7.16. The van der Waals surface area contributed by atoms with Crippen molar-refractivity contribution in [1.82, 2.24) is 4.98 Å². The molecule has 2 N–H and O–H groups in total. The zero-order chi connectivity index (χ0) is 14.8. The molecule has 0 aliphatic carbocycles. The molecule has 20 heavy (non-hydrogen) atoms. The summed E-state index contributed by atoms with van der Waals surface area (Å²) >= 11 is 1.38. The second-order valence-electron chi connectivity index (χ2n) is 4.93. The van der Waals surface area contributed by atoms with Crippen LogP contribution in [0.2, 0.25) is 0 Å². The maximum atomic E-state index is 11.3. The van der Waals surface area contributed by atoms with Gasteiger partial charge in [-0.15, -0.1) is 11.3 Å². The van der Waals surface area contributed by atoms with Crippen LogP contribution in [0.15, 0.2) is 17.6 Å². The summed E-state index contributed by atoms with van der Waals surface area (Å²) < 4.78 is 0.794. The van der Waals surface area contributed by atoms with Gasteiger partial charge >= 0.3 is 5.69 Å². The highest BCUT2D eigenvalue weighted by Gasteiger charge is 2.27. The van der Waals surface area contributed by atoms with E-state index in [2.05, 4.69) is 10.3 Å². The minimum Gasteiger partial charge on any atom is -0.396 e. The summed E-state index contributed by atoms with van der Waals surface area (Å²) in [7, 11) is 0. The predicted molar refractivity (Wildman–Crippen MR) is 80.3 cm³/mol. The van der Waals surface area contributed by atoms with Gasteiger partial charge in [0.2, 0.25) is 0 Å². The second kappa shape index (κ2) is 5.72. The van der Waals surface area contributed by atoms with E-state index in [9.17, 15) is 10.1 Å². The first-order chi connectivity index (χ1) is 9.50. The minimum atomic E-state index is -0.403. The van der Waals surface area contributed by atoms with Gasteiger partial charge in [-0.05, 0) is 31.9 Å². The number of nitro benzene ring substituents is 1. The molecule has 1 unspecified atom stereocenters. The molecule has 1 heterocycles. The first-order valence-corrected chi connectivity index (χ1v) is 7.28. The van der Waals surface area contributed by atoms with Gasteiger partial charge in [0, 0.05) is 12.1 Å². The maximum Gasteiger partial charge on any atom is 0.319 e. The Bertz CT molecular complexity index is 628. The summed E-state index contributed by atoms with van der Waals surface area (Å²) in [5.74, 6) is 0. The van der Waals surface area contributed by atoms with Crippen molar-refractivity contribution in [3.8, 4) is 0 Å². The quantitative estimate of drug-likeness (QED) is 0.631. The number of fused-ring (bicyclic) bond motifs is 1. The van der Waals surface area contributed by atoms with E-state index in [1.807, 2.05) is 19.9 Å². The number of hydrogen-bond donors (Lipinski definition) is 2. The third-order valence-corrected chi connectivity index (χ3v) is 4.33. The van der Waals surface area contributed by atoms with Crippen molar-refractivity contribution in [2.24, 2.45) is 0 Å². The Morgan fingerprint density at radius 1 is 1.55 bits per heavy atom. The molecule has 0 radical (unpaired) electrons. The average molecular weight is 295 g/mol. The van der Waals surface area contributed by atoms with Gasteiger partial charge in [0.05, 0.1) is 15.1 Å². The van der Waals surface area contributed by atoms with Crippen LogP contribution in [0.3, 0.4) is 0 Å². The lowest BCUT2D eigenvalue weighted by Crippen LogP contribution is -2.35. The third-order valence-electron chi connectivity index (χ3n) is 3.54. The van der Waals surface area contributed by atoms with Crippen molar-refractivity contribution in [2.45, 2.75) is 32.2 Å². The SMILES string of the molecule is CCC(C)(CCO)Nc1ccc2scnc2c1[N+](=O)[O-]. The van der Waals surface area contributed by atoms with E-state index < -0.39 is 4.92 Å². The van der Waals surface area contributed by atoms with Crippen LogP contribution in [-0.4, -0.2) is 27.2 Å². The fraction of sp³-hybridized carbons (Fsp3) is 0.462. The van der Waals surface area contributed by atoms with Gasteiger partial charge < -0.3 is 10.4 Å². The summed E-state index contributed by atoms with van der Waals surface area (Å²) in [6, 6.07) is 3.54. The number of anilines is 1. The molecule has 0 bridgehead atoms. The smallest absolute Gasteiger partial charge is 0.319 e. The van der Waals surface area contributed by atoms with Crippen LogP contribution in [-0.2, 0) is 0 Å². The predicted octanol–water partition coefficient (Wildman–Crippen LogP) is 3.17. The number of hydrogen-bond acceptors (Lipinski definition) is 6. The second-order valence-corrected chi connectivity index (χ2v) is 5.82. The van der Waals surface area contributed by atoms with E-state index in [1.165, 1.54) is 11.3 Å². The maximum absolute atomic E-state index is 11.3. The zero-order valence-electron chi connectivity index (χ0n) is 11.4. The molecule has 1 aromatic carbocycles. The van der Waals surface area contributed by atoms with Gasteiger partial charge in [-0.1, -0.05) is 6.92 Å². The normalized spacial score (nSPS) is 14.2. The molecule has 0 spiro atoms. The lowest BCUT2D eigenvalue weighted by Gasteiger charge is -2.30. The molecular formula is C13H17N3O3S. The summed E-state index contributed by atoms with van der Waals surface area (Å²) in [4.78, 5) is 15.0. The molecule has 7 heteroatoms. The zero-order valence-corrected chi connectivity index (χ0v) is 12.2. The first kappa shape index (κ1) is 14.7. The van der Waals surface area contributed by atoms with Gasteiger partial charge in [-0.3, -0.25) is 10.1 Å². The van der Waals surface area contributed by atoms with E-state index in [0.29, 0.717) is 17.6 Å². The molecule has 1 atom stereocenters. The Kier molecular flexibility index (Phi) is 4.20. The molecule has 0 saturated heterocycles. The van der Waals surface area contributed by atoms with Crippen molar-refractivity contribution >= 4 is 32.9 Å². The number of aliphatic hydroxyl groups excluding tert-OH is 1. The van der Waals surface area contributed by atoms with E-state index in [1.54, 1.807) is 11.6 Å². The van der Waals surface area contributed by atoms with Crippen molar-refractivity contribution in [2.75, 3.05) is 11.9 Å². The van der Waals surface area contributed by atoms with Crippen LogP contribution in [0.25, 0.3) is 10.2 Å². The van der Waals surface area contributed by atoms with Crippen LogP contribution in [0.1, 0.15) is 26.7 Å². The molecule has 0 fully saturated rings. The molecule has 2 rings (SSSR count). The van der Waals surface area contributed by atoms with Crippen molar-refractivity contribution in [3.63, 3.8) is 0 Å². The molecule has 1 aromatic heterocycles. The van der Waals surface area contributed by atoms with Gasteiger partial charge in [-0.2, -0.15) is 0 Å². The van der Waals surface area contributed by atoms with E-state index in [4.69, 9.17) is 5.11 Å². The highest BCUT2D eigenvalue weighted by atomic mass is 32.1. The number of aromatic nitrogens is 1. The fourth-order valence-electron chi connectivity index (χ4n) is 2.10. The molecule has 2 aromatic rings. The molecular weight excluding hydrogens is 278 g/mol. The Labute approximate surface area is 120 Å². The molecule has 6 nitrogen and oxygen atoms in total. The Balaban J connectivity index is 2.48.